The minimum Gasteiger partial charge on any atom is -0.388 e. The third-order valence-electron chi connectivity index (χ3n) is 3.95. The zero-order chi connectivity index (χ0) is 8.82. The lowest BCUT2D eigenvalue weighted by Crippen LogP contribution is -2.58. The summed E-state index contributed by atoms with van der Waals surface area (Å²) in [5.41, 5.74) is -0.606. The SMILES string of the molecule is CC1(O)C2CCCC1(Cl)CCC2. The summed E-state index contributed by atoms with van der Waals surface area (Å²) in [4.78, 5) is -0.297. The zero-order valence-corrected chi connectivity index (χ0v) is 8.40. The predicted molar refractivity (Wildman–Crippen MR) is 50.4 cm³/mol. The van der Waals surface area contributed by atoms with E-state index >= 15 is 0 Å². The molecule has 2 rings (SSSR count). The summed E-state index contributed by atoms with van der Waals surface area (Å²) in [7, 11) is 0. The maximum atomic E-state index is 10.3. The van der Waals surface area contributed by atoms with Crippen molar-refractivity contribution in [1.29, 1.82) is 0 Å². The van der Waals surface area contributed by atoms with Gasteiger partial charge in [-0.2, -0.15) is 0 Å². The fraction of sp³-hybridized carbons (Fsp3) is 1.00. The van der Waals surface area contributed by atoms with E-state index in [0.717, 1.165) is 12.8 Å². The van der Waals surface area contributed by atoms with Crippen LogP contribution >= 0.6 is 11.6 Å². The summed E-state index contributed by atoms with van der Waals surface area (Å²) >= 11 is 6.45. The predicted octanol–water partition coefficient (Wildman–Crippen LogP) is 2.70. The van der Waals surface area contributed by atoms with Gasteiger partial charge in [-0.1, -0.05) is 12.8 Å². The fourth-order valence-corrected chi connectivity index (χ4v) is 3.38. The van der Waals surface area contributed by atoms with Gasteiger partial charge in [0.25, 0.3) is 0 Å². The van der Waals surface area contributed by atoms with E-state index in [1.54, 1.807) is 0 Å². The number of hydrogen-bond donors (Lipinski definition) is 1. The van der Waals surface area contributed by atoms with Gasteiger partial charge < -0.3 is 5.11 Å². The monoisotopic (exact) mass is 188 g/mol. The van der Waals surface area contributed by atoms with Gasteiger partial charge in [-0.05, 0) is 38.5 Å². The van der Waals surface area contributed by atoms with Gasteiger partial charge in [0.1, 0.15) is 0 Å². The van der Waals surface area contributed by atoms with Crippen LogP contribution in [0.2, 0.25) is 0 Å². The molecular weight excluding hydrogens is 172 g/mol. The van der Waals surface area contributed by atoms with Crippen LogP contribution in [0.25, 0.3) is 0 Å². The van der Waals surface area contributed by atoms with Crippen LogP contribution in [0.4, 0.5) is 0 Å². The molecular formula is C10H17ClO. The normalized spacial score (nSPS) is 53.8. The molecule has 2 aliphatic rings. The zero-order valence-electron chi connectivity index (χ0n) is 7.65. The first-order valence-electron chi connectivity index (χ1n) is 4.97. The largest absolute Gasteiger partial charge is 0.388 e. The van der Waals surface area contributed by atoms with Gasteiger partial charge in [0.2, 0.25) is 0 Å². The third kappa shape index (κ3) is 1.03. The number of aliphatic hydroxyl groups is 1. The molecule has 0 aromatic carbocycles. The Hall–Kier alpha value is 0.250. The van der Waals surface area contributed by atoms with Crippen molar-refractivity contribution >= 4 is 11.6 Å². The number of hydrogen-bond acceptors (Lipinski definition) is 1. The molecule has 0 radical (unpaired) electrons. The molecule has 0 aromatic heterocycles. The molecule has 0 amide bonds. The van der Waals surface area contributed by atoms with Crippen molar-refractivity contribution in [1.82, 2.24) is 0 Å². The van der Waals surface area contributed by atoms with Crippen molar-refractivity contribution in [2.24, 2.45) is 5.92 Å². The molecule has 1 nitrogen and oxygen atoms in total. The second kappa shape index (κ2) is 2.62. The lowest BCUT2D eigenvalue weighted by molar-refractivity contribution is -0.0895. The quantitative estimate of drug-likeness (QED) is 0.580. The summed E-state index contributed by atoms with van der Waals surface area (Å²) in [5, 5.41) is 10.3. The van der Waals surface area contributed by atoms with Crippen molar-refractivity contribution in [3.05, 3.63) is 0 Å². The van der Waals surface area contributed by atoms with Gasteiger partial charge >= 0.3 is 0 Å². The van der Waals surface area contributed by atoms with Crippen LogP contribution in [0.1, 0.15) is 45.4 Å². The first-order valence-corrected chi connectivity index (χ1v) is 5.35. The molecule has 0 aliphatic heterocycles. The minimum absolute atomic E-state index is 0.297. The minimum atomic E-state index is -0.606. The molecule has 0 heterocycles. The van der Waals surface area contributed by atoms with Crippen molar-refractivity contribution in [3.63, 3.8) is 0 Å². The van der Waals surface area contributed by atoms with Crippen LogP contribution in [-0.2, 0) is 0 Å². The number of rotatable bonds is 0. The van der Waals surface area contributed by atoms with Crippen molar-refractivity contribution in [3.8, 4) is 0 Å². The lowest BCUT2D eigenvalue weighted by Gasteiger charge is -2.53. The summed E-state index contributed by atoms with van der Waals surface area (Å²) < 4.78 is 0. The number of alkyl halides is 1. The summed E-state index contributed by atoms with van der Waals surface area (Å²) in [6.07, 6.45) is 6.73. The Labute approximate surface area is 79.1 Å². The van der Waals surface area contributed by atoms with Crippen LogP contribution in [-0.4, -0.2) is 15.6 Å². The molecule has 0 saturated heterocycles. The highest BCUT2D eigenvalue weighted by atomic mass is 35.5. The average Bonchev–Trinajstić information content (AvgIpc) is 1.93. The van der Waals surface area contributed by atoms with Gasteiger partial charge in [0, 0.05) is 0 Å². The summed E-state index contributed by atoms with van der Waals surface area (Å²) in [6.45, 7) is 1.93. The van der Waals surface area contributed by atoms with Gasteiger partial charge in [0.05, 0.1) is 10.5 Å². The van der Waals surface area contributed by atoms with Crippen LogP contribution in [0.15, 0.2) is 0 Å². The number of fused-ring (bicyclic) bond motifs is 2. The molecule has 0 spiro atoms. The van der Waals surface area contributed by atoms with E-state index in [1.165, 1.54) is 25.7 Å². The Morgan fingerprint density at radius 2 is 1.75 bits per heavy atom. The molecule has 2 heteroatoms. The second-order valence-corrected chi connectivity index (χ2v) is 5.32. The first kappa shape index (κ1) is 8.83. The van der Waals surface area contributed by atoms with Gasteiger partial charge in [0.15, 0.2) is 0 Å². The van der Waals surface area contributed by atoms with Gasteiger partial charge in [-0.3, -0.25) is 0 Å². The molecule has 1 atom stereocenters. The Bertz CT molecular complexity index is 176. The summed E-state index contributed by atoms with van der Waals surface area (Å²) in [5.74, 6) is 0.456. The van der Waals surface area contributed by atoms with E-state index in [4.69, 9.17) is 11.6 Å². The molecule has 1 N–H and O–H groups in total. The third-order valence-corrected chi connectivity index (χ3v) is 4.71. The smallest absolute Gasteiger partial charge is 0.0838 e. The van der Waals surface area contributed by atoms with Crippen LogP contribution in [0, 0.1) is 5.92 Å². The molecule has 2 fully saturated rings. The van der Waals surface area contributed by atoms with Crippen molar-refractivity contribution < 1.29 is 5.11 Å². The number of halogens is 1. The molecule has 12 heavy (non-hydrogen) atoms. The Morgan fingerprint density at radius 3 is 2.08 bits per heavy atom. The van der Waals surface area contributed by atoms with Crippen molar-refractivity contribution in [2.75, 3.05) is 0 Å². The highest BCUT2D eigenvalue weighted by Gasteiger charge is 2.54. The second-order valence-electron chi connectivity index (χ2n) is 4.59. The molecule has 70 valence electrons. The maximum absolute atomic E-state index is 10.3. The molecule has 2 saturated carbocycles. The van der Waals surface area contributed by atoms with E-state index < -0.39 is 5.60 Å². The Morgan fingerprint density at radius 1 is 1.25 bits per heavy atom. The highest BCUT2D eigenvalue weighted by molar-refractivity contribution is 6.25. The van der Waals surface area contributed by atoms with Crippen molar-refractivity contribution in [2.45, 2.75) is 55.9 Å². The Kier molecular flexibility index (Phi) is 1.93. The lowest BCUT2D eigenvalue weighted by atomic mass is 9.62. The van der Waals surface area contributed by atoms with Crippen LogP contribution in [0.5, 0.6) is 0 Å². The fourth-order valence-electron chi connectivity index (χ4n) is 2.96. The highest BCUT2D eigenvalue weighted by Crippen LogP contribution is 2.53. The van der Waals surface area contributed by atoms with E-state index in [9.17, 15) is 5.11 Å². The van der Waals surface area contributed by atoms with Crippen LogP contribution in [0.3, 0.4) is 0 Å². The molecule has 0 aromatic rings. The van der Waals surface area contributed by atoms with E-state index in [1.807, 2.05) is 6.92 Å². The summed E-state index contributed by atoms with van der Waals surface area (Å²) in [6, 6.07) is 0. The van der Waals surface area contributed by atoms with Crippen LogP contribution < -0.4 is 0 Å². The topological polar surface area (TPSA) is 20.2 Å². The van der Waals surface area contributed by atoms with E-state index in [0.29, 0.717) is 5.92 Å². The van der Waals surface area contributed by atoms with E-state index in [-0.39, 0.29) is 4.87 Å². The maximum Gasteiger partial charge on any atom is 0.0838 e. The van der Waals surface area contributed by atoms with Gasteiger partial charge in [-0.15, -0.1) is 11.6 Å². The molecule has 2 bridgehead atoms. The molecule has 1 unspecified atom stereocenters. The van der Waals surface area contributed by atoms with Gasteiger partial charge in [-0.25, -0.2) is 0 Å². The van der Waals surface area contributed by atoms with E-state index in [2.05, 4.69) is 0 Å². The average molecular weight is 189 g/mol. The molecule has 2 aliphatic carbocycles. The Balaban J connectivity index is 2.29. The first-order chi connectivity index (χ1) is 5.56. The standard InChI is InChI=1S/C10H17ClO/c1-9(12)8-4-2-6-10(9,11)7-3-5-8/h8,12H,2-7H2,1H3.